The number of carbonyl (C=O) groups excluding carboxylic acids is 1. The highest BCUT2D eigenvalue weighted by Crippen LogP contribution is 2.44. The molecule has 3 aliphatic rings. The quantitative estimate of drug-likeness (QED) is 0.914. The third-order valence-electron chi connectivity index (χ3n) is 4.37. The maximum absolute atomic E-state index is 12.4. The lowest BCUT2D eigenvalue weighted by molar-refractivity contribution is -0.131. The summed E-state index contributed by atoms with van der Waals surface area (Å²) in [4.78, 5) is 12.4. The predicted molar refractivity (Wildman–Crippen MR) is 73.7 cm³/mol. The van der Waals surface area contributed by atoms with Gasteiger partial charge in [-0.25, -0.2) is 0 Å². The van der Waals surface area contributed by atoms with Crippen molar-refractivity contribution in [2.45, 2.75) is 37.8 Å². The van der Waals surface area contributed by atoms with Crippen LogP contribution in [0.25, 0.3) is 0 Å². The molecule has 20 heavy (non-hydrogen) atoms. The van der Waals surface area contributed by atoms with E-state index in [4.69, 9.17) is 9.47 Å². The maximum atomic E-state index is 12.4. The first-order valence-electron chi connectivity index (χ1n) is 7.50. The van der Waals surface area contributed by atoms with Gasteiger partial charge >= 0.3 is 0 Å². The highest BCUT2D eigenvalue weighted by Gasteiger charge is 2.43. The van der Waals surface area contributed by atoms with Gasteiger partial charge in [-0.15, -0.1) is 0 Å². The molecule has 0 spiro atoms. The van der Waals surface area contributed by atoms with Crippen molar-refractivity contribution in [3.05, 3.63) is 24.3 Å². The smallest absolute Gasteiger partial charge is 0.264 e. The summed E-state index contributed by atoms with van der Waals surface area (Å²) < 4.78 is 11.4. The maximum Gasteiger partial charge on any atom is 0.264 e. The minimum absolute atomic E-state index is 0.0247. The van der Waals surface area contributed by atoms with E-state index in [0.717, 1.165) is 5.75 Å². The Labute approximate surface area is 118 Å². The van der Waals surface area contributed by atoms with E-state index in [1.165, 1.54) is 25.7 Å². The average Bonchev–Trinajstić information content (AvgIpc) is 3.37. The van der Waals surface area contributed by atoms with Crippen molar-refractivity contribution < 1.29 is 14.3 Å². The van der Waals surface area contributed by atoms with Gasteiger partial charge in [0.1, 0.15) is 6.61 Å². The Balaban J connectivity index is 1.41. The minimum Gasteiger partial charge on any atom is -0.485 e. The molecule has 1 atom stereocenters. The van der Waals surface area contributed by atoms with Gasteiger partial charge in [0.2, 0.25) is 6.10 Å². The zero-order chi connectivity index (χ0) is 13.5. The fourth-order valence-corrected chi connectivity index (χ4v) is 2.94. The second-order valence-electron chi connectivity index (χ2n) is 6.07. The Morgan fingerprint density at radius 3 is 2.40 bits per heavy atom. The van der Waals surface area contributed by atoms with E-state index >= 15 is 0 Å². The Kier molecular flexibility index (Phi) is 2.83. The van der Waals surface area contributed by atoms with Gasteiger partial charge in [-0.1, -0.05) is 12.1 Å². The van der Waals surface area contributed by atoms with Crippen molar-refractivity contribution >= 4 is 5.91 Å². The Morgan fingerprint density at radius 2 is 1.75 bits per heavy atom. The topological polar surface area (TPSA) is 47.6 Å². The molecule has 2 saturated carbocycles. The van der Waals surface area contributed by atoms with E-state index in [0.29, 0.717) is 30.2 Å². The summed E-state index contributed by atoms with van der Waals surface area (Å²) in [6.07, 6.45) is 4.50. The van der Waals surface area contributed by atoms with Crippen molar-refractivity contribution in [1.29, 1.82) is 0 Å². The van der Waals surface area contributed by atoms with Crippen LogP contribution in [0.15, 0.2) is 24.3 Å². The van der Waals surface area contributed by atoms with Crippen LogP contribution in [-0.4, -0.2) is 24.7 Å². The number of fused-ring (bicyclic) bond motifs is 1. The number of rotatable bonds is 4. The third-order valence-corrected chi connectivity index (χ3v) is 4.37. The first-order chi connectivity index (χ1) is 9.81. The number of hydrogen-bond acceptors (Lipinski definition) is 3. The summed E-state index contributed by atoms with van der Waals surface area (Å²) in [5, 5.41) is 3.20. The van der Waals surface area contributed by atoms with E-state index in [9.17, 15) is 4.79 Å². The lowest BCUT2D eigenvalue weighted by Gasteiger charge is -2.27. The summed E-state index contributed by atoms with van der Waals surface area (Å²) in [6.45, 7) is 0.297. The van der Waals surface area contributed by atoms with Crippen LogP contribution in [0.4, 0.5) is 0 Å². The molecule has 4 rings (SSSR count). The van der Waals surface area contributed by atoms with Crippen LogP contribution in [0.5, 0.6) is 11.5 Å². The first-order valence-corrected chi connectivity index (χ1v) is 7.50. The largest absolute Gasteiger partial charge is 0.485 e. The van der Waals surface area contributed by atoms with E-state index in [1.54, 1.807) is 0 Å². The van der Waals surface area contributed by atoms with E-state index in [1.807, 2.05) is 24.3 Å². The lowest BCUT2D eigenvalue weighted by Crippen LogP contribution is -2.49. The molecular formula is C16H19NO3. The van der Waals surface area contributed by atoms with Gasteiger partial charge in [0.15, 0.2) is 11.5 Å². The van der Waals surface area contributed by atoms with Crippen LogP contribution < -0.4 is 14.8 Å². The second kappa shape index (κ2) is 4.69. The predicted octanol–water partition coefficient (Wildman–Crippen LogP) is 2.13. The van der Waals surface area contributed by atoms with Crippen LogP contribution in [0.3, 0.4) is 0 Å². The zero-order valence-corrected chi connectivity index (χ0v) is 11.4. The highest BCUT2D eigenvalue weighted by molar-refractivity contribution is 5.82. The van der Waals surface area contributed by atoms with Crippen molar-refractivity contribution in [3.8, 4) is 11.5 Å². The number of carbonyl (C=O) groups is 1. The molecule has 0 bridgehead atoms. The standard InChI is InChI=1S/C16H19NO3/c18-16(17-15(10-5-6-10)11-7-8-11)14-9-19-12-3-1-2-4-13(12)20-14/h1-4,10-11,14-15H,5-9H2,(H,17,18)/t14-/m0/s1. The number of amides is 1. The van der Waals surface area contributed by atoms with E-state index < -0.39 is 6.10 Å². The van der Waals surface area contributed by atoms with Gasteiger partial charge < -0.3 is 14.8 Å². The monoisotopic (exact) mass is 273 g/mol. The first kappa shape index (κ1) is 12.1. The van der Waals surface area contributed by atoms with Crippen LogP contribution in [0.1, 0.15) is 25.7 Å². The summed E-state index contributed by atoms with van der Waals surface area (Å²) >= 11 is 0. The molecule has 4 nitrogen and oxygen atoms in total. The minimum atomic E-state index is -0.523. The van der Waals surface area contributed by atoms with Gasteiger partial charge in [0.25, 0.3) is 5.91 Å². The number of nitrogens with one attached hydrogen (secondary N) is 1. The molecule has 1 aromatic carbocycles. The van der Waals surface area contributed by atoms with Crippen molar-refractivity contribution in [1.82, 2.24) is 5.32 Å². The molecule has 2 fully saturated rings. The molecule has 0 aromatic heterocycles. The second-order valence-corrected chi connectivity index (χ2v) is 6.07. The Morgan fingerprint density at radius 1 is 1.10 bits per heavy atom. The van der Waals surface area contributed by atoms with Gasteiger partial charge in [-0.3, -0.25) is 4.79 Å². The molecule has 0 saturated heterocycles. The summed E-state index contributed by atoms with van der Waals surface area (Å²) in [6, 6.07) is 7.86. The van der Waals surface area contributed by atoms with Crippen molar-refractivity contribution in [2.24, 2.45) is 11.8 Å². The Hall–Kier alpha value is -1.71. The molecule has 1 aromatic rings. The molecule has 106 valence electrons. The number of benzene rings is 1. The summed E-state index contributed by atoms with van der Waals surface area (Å²) in [5.74, 6) is 2.75. The number of para-hydroxylation sites is 2. The highest BCUT2D eigenvalue weighted by atomic mass is 16.6. The van der Waals surface area contributed by atoms with E-state index in [-0.39, 0.29) is 5.91 Å². The third kappa shape index (κ3) is 2.35. The fourth-order valence-electron chi connectivity index (χ4n) is 2.94. The van der Waals surface area contributed by atoms with Crippen molar-refractivity contribution in [2.75, 3.05) is 6.61 Å². The molecule has 1 heterocycles. The van der Waals surface area contributed by atoms with Crippen LogP contribution in [-0.2, 0) is 4.79 Å². The molecule has 1 N–H and O–H groups in total. The van der Waals surface area contributed by atoms with E-state index in [2.05, 4.69) is 5.32 Å². The van der Waals surface area contributed by atoms with Gasteiger partial charge in [-0.2, -0.15) is 0 Å². The van der Waals surface area contributed by atoms with Crippen LogP contribution in [0, 0.1) is 11.8 Å². The Bertz CT molecular complexity index is 510. The summed E-state index contributed by atoms with van der Waals surface area (Å²) in [7, 11) is 0. The van der Waals surface area contributed by atoms with Crippen molar-refractivity contribution in [3.63, 3.8) is 0 Å². The molecule has 4 heteroatoms. The van der Waals surface area contributed by atoms with Gasteiger partial charge in [-0.05, 0) is 49.7 Å². The molecular weight excluding hydrogens is 254 g/mol. The molecule has 0 radical (unpaired) electrons. The molecule has 1 aliphatic heterocycles. The van der Waals surface area contributed by atoms with Crippen LogP contribution >= 0.6 is 0 Å². The zero-order valence-electron chi connectivity index (χ0n) is 11.4. The van der Waals surface area contributed by atoms with Gasteiger partial charge in [0, 0.05) is 6.04 Å². The number of ether oxygens (including phenoxy) is 2. The SMILES string of the molecule is O=C(NC(C1CC1)C1CC1)[C@@H]1COc2ccccc2O1. The molecule has 1 amide bonds. The average molecular weight is 273 g/mol. The lowest BCUT2D eigenvalue weighted by atomic mass is 10.1. The molecule has 0 unspecified atom stereocenters. The normalized spacial score (nSPS) is 24.6. The fraction of sp³-hybridized carbons (Fsp3) is 0.562. The molecule has 2 aliphatic carbocycles. The van der Waals surface area contributed by atoms with Crippen LogP contribution in [0.2, 0.25) is 0 Å². The van der Waals surface area contributed by atoms with Gasteiger partial charge in [0.05, 0.1) is 0 Å². The summed E-state index contributed by atoms with van der Waals surface area (Å²) in [5.41, 5.74) is 0. The number of hydrogen-bond donors (Lipinski definition) is 1.